The van der Waals surface area contributed by atoms with Crippen LogP contribution in [-0.2, 0) is 6.54 Å². The molecule has 0 radical (unpaired) electrons. The van der Waals surface area contributed by atoms with E-state index in [1.807, 2.05) is 37.3 Å². The van der Waals surface area contributed by atoms with Crippen LogP contribution in [0.2, 0.25) is 0 Å². The van der Waals surface area contributed by atoms with Crippen LogP contribution < -0.4 is 10.6 Å². The fraction of sp³-hybridized carbons (Fsp3) is 0.0952. The van der Waals surface area contributed by atoms with E-state index in [1.54, 1.807) is 18.2 Å². The summed E-state index contributed by atoms with van der Waals surface area (Å²) in [4.78, 5) is 12.6. The summed E-state index contributed by atoms with van der Waals surface area (Å²) < 4.78 is 14.9. The molecule has 0 atom stereocenters. The number of amides is 1. The van der Waals surface area contributed by atoms with Crippen LogP contribution in [0, 0.1) is 16.3 Å². The zero-order valence-electron chi connectivity index (χ0n) is 14.2. The van der Waals surface area contributed by atoms with E-state index in [2.05, 4.69) is 39.3 Å². The second kappa shape index (κ2) is 8.31. The zero-order chi connectivity index (χ0) is 18.5. The predicted octanol–water partition coefficient (Wildman–Crippen LogP) is 5.60. The van der Waals surface area contributed by atoms with Crippen LogP contribution in [0.15, 0.2) is 66.7 Å². The number of benzene rings is 3. The molecule has 0 aromatic heterocycles. The molecule has 0 bridgehead atoms. The molecule has 0 saturated heterocycles. The Balaban J connectivity index is 1.80. The van der Waals surface area contributed by atoms with Crippen molar-refractivity contribution in [2.24, 2.45) is 0 Å². The summed E-state index contributed by atoms with van der Waals surface area (Å²) in [6.07, 6.45) is 0. The van der Waals surface area contributed by atoms with Gasteiger partial charge in [-0.1, -0.05) is 24.3 Å². The van der Waals surface area contributed by atoms with Crippen molar-refractivity contribution in [1.82, 2.24) is 0 Å². The van der Waals surface area contributed by atoms with Gasteiger partial charge in [-0.05, 0) is 83.1 Å². The number of nitrogens with one attached hydrogen (secondary N) is 2. The van der Waals surface area contributed by atoms with E-state index in [0.717, 1.165) is 20.4 Å². The molecule has 3 aromatic rings. The van der Waals surface area contributed by atoms with E-state index in [9.17, 15) is 9.18 Å². The van der Waals surface area contributed by atoms with E-state index in [-0.39, 0.29) is 5.91 Å². The van der Waals surface area contributed by atoms with Crippen molar-refractivity contribution >= 4 is 39.9 Å². The molecule has 3 aromatic carbocycles. The van der Waals surface area contributed by atoms with Crippen molar-refractivity contribution in [2.45, 2.75) is 13.5 Å². The Morgan fingerprint density at radius 1 is 1.04 bits per heavy atom. The molecule has 0 aliphatic heterocycles. The number of halogens is 2. The molecular weight excluding hydrogens is 442 g/mol. The van der Waals surface area contributed by atoms with Crippen LogP contribution in [0.25, 0.3) is 0 Å². The molecule has 26 heavy (non-hydrogen) atoms. The van der Waals surface area contributed by atoms with Crippen molar-refractivity contribution in [3.05, 3.63) is 92.8 Å². The molecule has 0 aliphatic rings. The van der Waals surface area contributed by atoms with Crippen molar-refractivity contribution in [2.75, 3.05) is 10.6 Å². The van der Waals surface area contributed by atoms with Gasteiger partial charge in [0.15, 0.2) is 0 Å². The number of hydrogen-bond acceptors (Lipinski definition) is 2. The van der Waals surface area contributed by atoms with Crippen molar-refractivity contribution in [1.29, 1.82) is 0 Å². The fourth-order valence-corrected chi connectivity index (χ4v) is 3.30. The van der Waals surface area contributed by atoms with Gasteiger partial charge in [0.1, 0.15) is 5.82 Å². The number of hydrogen-bond donors (Lipinski definition) is 2. The second-order valence-corrected chi connectivity index (χ2v) is 7.18. The Hall–Kier alpha value is -2.41. The first-order valence-electron chi connectivity index (χ1n) is 8.18. The van der Waals surface area contributed by atoms with E-state index in [1.165, 1.54) is 12.1 Å². The first kappa shape index (κ1) is 18.4. The van der Waals surface area contributed by atoms with Gasteiger partial charge >= 0.3 is 0 Å². The Kier molecular flexibility index (Phi) is 5.88. The lowest BCUT2D eigenvalue weighted by Gasteiger charge is -2.14. The Morgan fingerprint density at radius 2 is 1.81 bits per heavy atom. The number of carbonyl (C=O) groups excluding carboxylic acids is 1. The largest absolute Gasteiger partial charge is 0.381 e. The minimum atomic E-state index is -0.433. The summed E-state index contributed by atoms with van der Waals surface area (Å²) in [5.74, 6) is -0.760. The summed E-state index contributed by atoms with van der Waals surface area (Å²) in [6, 6.07) is 19.5. The van der Waals surface area contributed by atoms with Gasteiger partial charge in [-0.3, -0.25) is 4.79 Å². The molecular formula is C21H18FIN2O. The van der Waals surface area contributed by atoms with Gasteiger partial charge in [0.2, 0.25) is 0 Å². The minimum Gasteiger partial charge on any atom is -0.381 e. The molecule has 0 unspecified atom stereocenters. The van der Waals surface area contributed by atoms with E-state index in [4.69, 9.17) is 0 Å². The molecule has 3 rings (SSSR count). The molecule has 5 heteroatoms. The lowest BCUT2D eigenvalue weighted by Crippen LogP contribution is -2.16. The Labute approximate surface area is 165 Å². The standard InChI is InChI=1S/C21H18FIN2O/c1-14-11-17(23)9-10-20(14)24-13-15-7-8-16(22)12-19(15)21(26)25-18-5-3-2-4-6-18/h2-12,24H,13H2,1H3,(H,25,26). The van der Waals surface area contributed by atoms with E-state index >= 15 is 0 Å². The Bertz CT molecular complexity index is 929. The third-order valence-electron chi connectivity index (χ3n) is 4.01. The minimum absolute atomic E-state index is 0.324. The highest BCUT2D eigenvalue weighted by Gasteiger charge is 2.13. The van der Waals surface area contributed by atoms with Crippen LogP contribution >= 0.6 is 22.6 Å². The molecule has 0 fully saturated rings. The first-order valence-corrected chi connectivity index (χ1v) is 9.25. The van der Waals surface area contributed by atoms with Gasteiger partial charge in [-0.2, -0.15) is 0 Å². The Morgan fingerprint density at radius 3 is 2.54 bits per heavy atom. The van der Waals surface area contributed by atoms with E-state index < -0.39 is 5.82 Å². The van der Waals surface area contributed by atoms with Gasteiger partial charge in [0.25, 0.3) is 5.91 Å². The van der Waals surface area contributed by atoms with Crippen LogP contribution in [0.4, 0.5) is 15.8 Å². The summed E-state index contributed by atoms with van der Waals surface area (Å²) in [6.45, 7) is 2.46. The molecule has 1 amide bonds. The van der Waals surface area contributed by atoms with Gasteiger partial charge in [0.05, 0.1) is 0 Å². The fourth-order valence-electron chi connectivity index (χ4n) is 2.65. The number of carbonyl (C=O) groups is 1. The van der Waals surface area contributed by atoms with Crippen LogP contribution in [0.3, 0.4) is 0 Å². The summed E-state index contributed by atoms with van der Waals surface area (Å²) >= 11 is 2.27. The maximum absolute atomic E-state index is 13.7. The smallest absolute Gasteiger partial charge is 0.256 e. The topological polar surface area (TPSA) is 41.1 Å². The molecule has 3 nitrogen and oxygen atoms in total. The SMILES string of the molecule is Cc1cc(I)ccc1NCc1ccc(F)cc1C(=O)Nc1ccccc1. The molecule has 0 saturated carbocycles. The first-order chi connectivity index (χ1) is 12.5. The quantitative estimate of drug-likeness (QED) is 0.487. The maximum Gasteiger partial charge on any atom is 0.256 e. The van der Waals surface area contributed by atoms with Gasteiger partial charge in [-0.15, -0.1) is 0 Å². The number of anilines is 2. The number of para-hydroxylation sites is 1. The third-order valence-corrected chi connectivity index (χ3v) is 4.68. The molecule has 0 aliphatic carbocycles. The highest BCUT2D eigenvalue weighted by Crippen LogP contribution is 2.20. The van der Waals surface area contributed by atoms with Crippen molar-refractivity contribution < 1.29 is 9.18 Å². The summed E-state index contributed by atoms with van der Waals surface area (Å²) in [7, 11) is 0. The predicted molar refractivity (Wildman–Crippen MR) is 112 cm³/mol. The third kappa shape index (κ3) is 4.60. The number of rotatable bonds is 5. The highest BCUT2D eigenvalue weighted by atomic mass is 127. The van der Waals surface area contributed by atoms with Crippen LogP contribution in [0.5, 0.6) is 0 Å². The second-order valence-electron chi connectivity index (χ2n) is 5.93. The lowest BCUT2D eigenvalue weighted by atomic mass is 10.1. The lowest BCUT2D eigenvalue weighted by molar-refractivity contribution is 0.102. The summed E-state index contributed by atoms with van der Waals surface area (Å²) in [5, 5.41) is 6.14. The monoisotopic (exact) mass is 460 g/mol. The maximum atomic E-state index is 13.7. The van der Waals surface area contributed by atoms with Gasteiger partial charge < -0.3 is 10.6 Å². The highest BCUT2D eigenvalue weighted by molar-refractivity contribution is 14.1. The van der Waals surface area contributed by atoms with Crippen LogP contribution in [0.1, 0.15) is 21.5 Å². The number of aryl methyl sites for hydroxylation is 1. The molecule has 2 N–H and O–H groups in total. The normalized spacial score (nSPS) is 10.4. The average Bonchev–Trinajstić information content (AvgIpc) is 2.62. The molecule has 0 spiro atoms. The summed E-state index contributed by atoms with van der Waals surface area (Å²) in [5.41, 5.74) is 3.84. The van der Waals surface area contributed by atoms with Crippen molar-refractivity contribution in [3.63, 3.8) is 0 Å². The molecule has 132 valence electrons. The van der Waals surface area contributed by atoms with Gasteiger partial charge in [-0.25, -0.2) is 4.39 Å². The molecule has 0 heterocycles. The van der Waals surface area contributed by atoms with Crippen molar-refractivity contribution in [3.8, 4) is 0 Å². The van der Waals surface area contributed by atoms with Gasteiger partial charge in [0, 0.05) is 27.1 Å². The van der Waals surface area contributed by atoms with Crippen LogP contribution in [-0.4, -0.2) is 5.91 Å². The average molecular weight is 460 g/mol. The van der Waals surface area contributed by atoms with E-state index in [0.29, 0.717) is 17.8 Å². The zero-order valence-corrected chi connectivity index (χ0v) is 16.4.